The zero-order valence-corrected chi connectivity index (χ0v) is 14.9. The topological polar surface area (TPSA) is 65.9 Å². The third-order valence-electron chi connectivity index (χ3n) is 4.31. The first-order valence-corrected chi connectivity index (χ1v) is 9.10. The zero-order chi connectivity index (χ0) is 17.2. The number of hydrogen-bond acceptors (Lipinski definition) is 3. The van der Waals surface area contributed by atoms with Crippen molar-refractivity contribution in [2.75, 3.05) is 19.7 Å². The highest BCUT2D eigenvalue weighted by Crippen LogP contribution is 2.18. The van der Waals surface area contributed by atoms with E-state index in [0.717, 1.165) is 62.5 Å². The van der Waals surface area contributed by atoms with Crippen LogP contribution < -0.4 is 15.4 Å². The number of guanidine groups is 1. The number of rotatable bonds is 7. The minimum absolute atomic E-state index is 0.124. The summed E-state index contributed by atoms with van der Waals surface area (Å²) in [5, 5.41) is 16.4. The molecule has 0 radical (unpaired) electrons. The van der Waals surface area contributed by atoms with Crippen LogP contribution in [0.3, 0.4) is 0 Å². The molecule has 0 aromatic heterocycles. The Morgan fingerprint density at radius 3 is 2.71 bits per heavy atom. The maximum atomic E-state index is 9.59. The van der Waals surface area contributed by atoms with E-state index in [-0.39, 0.29) is 6.10 Å². The van der Waals surface area contributed by atoms with E-state index in [0.29, 0.717) is 12.6 Å². The lowest BCUT2D eigenvalue weighted by Gasteiger charge is -2.27. The quantitative estimate of drug-likeness (QED) is 0.408. The maximum absolute atomic E-state index is 9.59. The second kappa shape index (κ2) is 10.2. The van der Waals surface area contributed by atoms with Crippen molar-refractivity contribution in [1.29, 1.82) is 0 Å². The lowest BCUT2D eigenvalue weighted by atomic mass is 9.93. The monoisotopic (exact) mass is 333 g/mol. The molecule has 1 saturated carbocycles. The molecule has 3 N–H and O–H groups in total. The number of aliphatic imine (C=N–C) groups is 1. The van der Waals surface area contributed by atoms with Crippen LogP contribution in [0.1, 0.15) is 44.6 Å². The fourth-order valence-corrected chi connectivity index (χ4v) is 2.89. The highest BCUT2D eigenvalue weighted by Gasteiger charge is 2.19. The van der Waals surface area contributed by atoms with Gasteiger partial charge in [0.05, 0.1) is 12.7 Å². The van der Waals surface area contributed by atoms with Crippen LogP contribution in [0.4, 0.5) is 0 Å². The van der Waals surface area contributed by atoms with Gasteiger partial charge in [-0.05, 0) is 51.2 Å². The number of para-hydroxylation sites is 1. The molecule has 1 aromatic carbocycles. The van der Waals surface area contributed by atoms with Crippen molar-refractivity contribution >= 4 is 5.96 Å². The summed E-state index contributed by atoms with van der Waals surface area (Å²) in [5.74, 6) is 1.82. The fraction of sp³-hybridized carbons (Fsp3) is 0.632. The Kier molecular flexibility index (Phi) is 7.89. The smallest absolute Gasteiger partial charge is 0.191 e. The molecule has 1 aliphatic rings. The van der Waals surface area contributed by atoms with Gasteiger partial charge < -0.3 is 20.5 Å². The SMILES string of the molecule is CCNC(=NCCCOc1ccccc1C)NC1CCC(O)CC1. The van der Waals surface area contributed by atoms with Gasteiger partial charge in [0.1, 0.15) is 5.75 Å². The van der Waals surface area contributed by atoms with E-state index in [2.05, 4.69) is 35.5 Å². The predicted octanol–water partition coefficient (Wildman–Crippen LogP) is 2.62. The Morgan fingerprint density at radius 2 is 2.00 bits per heavy atom. The van der Waals surface area contributed by atoms with Gasteiger partial charge in [-0.15, -0.1) is 0 Å². The number of nitrogens with zero attached hydrogens (tertiary/aromatic N) is 1. The number of benzene rings is 1. The zero-order valence-electron chi connectivity index (χ0n) is 14.9. The Bertz CT molecular complexity index is 511. The fourth-order valence-electron chi connectivity index (χ4n) is 2.89. The summed E-state index contributed by atoms with van der Waals surface area (Å²) in [4.78, 5) is 4.63. The normalized spacial score (nSPS) is 21.4. The third-order valence-corrected chi connectivity index (χ3v) is 4.31. The van der Waals surface area contributed by atoms with Crippen molar-refractivity contribution in [3.8, 4) is 5.75 Å². The van der Waals surface area contributed by atoms with Crippen LogP contribution in [0.2, 0.25) is 0 Å². The average Bonchev–Trinajstić information content (AvgIpc) is 2.58. The van der Waals surface area contributed by atoms with Crippen molar-refractivity contribution in [1.82, 2.24) is 10.6 Å². The van der Waals surface area contributed by atoms with E-state index in [1.54, 1.807) is 0 Å². The van der Waals surface area contributed by atoms with Gasteiger partial charge in [0.25, 0.3) is 0 Å². The molecule has 0 bridgehead atoms. The van der Waals surface area contributed by atoms with Crippen molar-refractivity contribution in [3.05, 3.63) is 29.8 Å². The van der Waals surface area contributed by atoms with Crippen LogP contribution in [-0.4, -0.2) is 42.9 Å². The molecule has 1 aliphatic carbocycles. The molecule has 24 heavy (non-hydrogen) atoms. The Morgan fingerprint density at radius 1 is 1.25 bits per heavy atom. The first kappa shape index (κ1) is 18.6. The van der Waals surface area contributed by atoms with Crippen molar-refractivity contribution in [3.63, 3.8) is 0 Å². The molecule has 0 aliphatic heterocycles. The molecule has 2 rings (SSSR count). The molecule has 5 heteroatoms. The molecule has 5 nitrogen and oxygen atoms in total. The molecule has 0 heterocycles. The first-order chi connectivity index (χ1) is 11.7. The molecular formula is C19H31N3O2. The van der Waals surface area contributed by atoms with Crippen molar-refractivity contribution in [2.45, 2.75) is 58.1 Å². The summed E-state index contributed by atoms with van der Waals surface area (Å²) in [5.41, 5.74) is 1.16. The predicted molar refractivity (Wildman–Crippen MR) is 98.7 cm³/mol. The summed E-state index contributed by atoms with van der Waals surface area (Å²) >= 11 is 0. The molecule has 1 fully saturated rings. The molecule has 0 spiro atoms. The maximum Gasteiger partial charge on any atom is 0.191 e. The Labute approximate surface area is 145 Å². The second-order valence-corrected chi connectivity index (χ2v) is 6.38. The van der Waals surface area contributed by atoms with Crippen LogP contribution in [0.25, 0.3) is 0 Å². The van der Waals surface area contributed by atoms with Crippen LogP contribution in [0, 0.1) is 6.92 Å². The molecule has 134 valence electrons. The highest BCUT2D eigenvalue weighted by molar-refractivity contribution is 5.80. The van der Waals surface area contributed by atoms with Crippen molar-refractivity contribution in [2.24, 2.45) is 4.99 Å². The number of hydrogen-bond donors (Lipinski definition) is 3. The summed E-state index contributed by atoms with van der Waals surface area (Å²) < 4.78 is 5.80. The molecule has 0 atom stereocenters. The van der Waals surface area contributed by atoms with Crippen LogP contribution in [0.15, 0.2) is 29.3 Å². The number of nitrogens with one attached hydrogen (secondary N) is 2. The minimum Gasteiger partial charge on any atom is -0.493 e. The lowest BCUT2D eigenvalue weighted by Crippen LogP contribution is -2.45. The lowest BCUT2D eigenvalue weighted by molar-refractivity contribution is 0.120. The van der Waals surface area contributed by atoms with E-state index in [9.17, 15) is 5.11 Å². The first-order valence-electron chi connectivity index (χ1n) is 9.10. The van der Waals surface area contributed by atoms with Crippen molar-refractivity contribution < 1.29 is 9.84 Å². The Balaban J connectivity index is 1.71. The molecule has 0 amide bonds. The average molecular weight is 333 g/mol. The molecule has 0 unspecified atom stereocenters. The number of aliphatic hydroxyl groups excluding tert-OH is 1. The van der Waals surface area contributed by atoms with Gasteiger partial charge in [0, 0.05) is 25.6 Å². The standard InChI is InChI=1S/C19H31N3O2/c1-3-20-19(22-16-9-11-17(23)12-10-16)21-13-6-14-24-18-8-5-4-7-15(18)2/h4-5,7-8,16-17,23H,3,6,9-14H2,1-2H3,(H2,20,21,22). The van der Waals surface area contributed by atoms with E-state index in [1.807, 2.05) is 18.2 Å². The minimum atomic E-state index is -0.124. The molecular weight excluding hydrogens is 302 g/mol. The third kappa shape index (κ3) is 6.40. The summed E-state index contributed by atoms with van der Waals surface area (Å²) in [7, 11) is 0. The number of aliphatic hydroxyl groups is 1. The van der Waals surface area contributed by atoms with E-state index in [4.69, 9.17) is 4.74 Å². The van der Waals surface area contributed by atoms with E-state index in [1.165, 1.54) is 0 Å². The largest absolute Gasteiger partial charge is 0.493 e. The van der Waals surface area contributed by atoms with Gasteiger partial charge in [-0.2, -0.15) is 0 Å². The van der Waals surface area contributed by atoms with Crippen LogP contribution in [-0.2, 0) is 0 Å². The highest BCUT2D eigenvalue weighted by atomic mass is 16.5. The van der Waals surface area contributed by atoms with Gasteiger partial charge in [0.15, 0.2) is 5.96 Å². The van der Waals surface area contributed by atoms with Gasteiger partial charge in [-0.25, -0.2) is 0 Å². The van der Waals surface area contributed by atoms with Gasteiger partial charge >= 0.3 is 0 Å². The summed E-state index contributed by atoms with van der Waals surface area (Å²) in [6.45, 7) is 6.38. The van der Waals surface area contributed by atoms with E-state index >= 15 is 0 Å². The summed E-state index contributed by atoms with van der Waals surface area (Å²) in [6, 6.07) is 8.48. The van der Waals surface area contributed by atoms with E-state index < -0.39 is 0 Å². The Hall–Kier alpha value is -1.75. The van der Waals surface area contributed by atoms with Gasteiger partial charge in [-0.3, -0.25) is 4.99 Å². The van der Waals surface area contributed by atoms with Gasteiger partial charge in [0.2, 0.25) is 0 Å². The second-order valence-electron chi connectivity index (χ2n) is 6.38. The van der Waals surface area contributed by atoms with Gasteiger partial charge in [-0.1, -0.05) is 18.2 Å². The summed E-state index contributed by atoms with van der Waals surface area (Å²) in [6.07, 6.45) is 4.52. The molecule has 1 aromatic rings. The van der Waals surface area contributed by atoms with Crippen LogP contribution in [0.5, 0.6) is 5.75 Å². The number of aryl methyl sites for hydroxylation is 1. The number of ether oxygens (including phenoxy) is 1. The van der Waals surface area contributed by atoms with Crippen LogP contribution >= 0.6 is 0 Å². The molecule has 0 saturated heterocycles.